The van der Waals surface area contributed by atoms with Gasteiger partial charge in [-0.1, -0.05) is 12.1 Å². The number of hydrogen-bond acceptors (Lipinski definition) is 8. The first-order valence-electron chi connectivity index (χ1n) is 11.7. The minimum absolute atomic E-state index is 0.00700. The molecule has 0 aliphatic heterocycles. The van der Waals surface area contributed by atoms with E-state index < -0.39 is 22.6 Å². The minimum Gasteiger partial charge on any atom is -0.508 e. The van der Waals surface area contributed by atoms with Gasteiger partial charge in [-0.2, -0.15) is 8.42 Å². The zero-order valence-corrected chi connectivity index (χ0v) is 23.8. The van der Waals surface area contributed by atoms with Crippen LogP contribution in [0.3, 0.4) is 0 Å². The van der Waals surface area contributed by atoms with E-state index in [1.54, 1.807) is 24.3 Å². The largest absolute Gasteiger partial charge is 0.508 e. The highest BCUT2D eigenvalue weighted by Crippen LogP contribution is 2.22. The molecule has 0 aliphatic rings. The number of aryl methyl sites for hydroxylation is 2. The summed E-state index contributed by atoms with van der Waals surface area (Å²) in [5, 5.41) is 45.2. The maximum atomic E-state index is 9.96. The molecule has 0 heterocycles. The van der Waals surface area contributed by atoms with Crippen molar-refractivity contribution in [2.24, 2.45) is 0 Å². The Balaban J connectivity index is 0.000000594. The van der Waals surface area contributed by atoms with Gasteiger partial charge in [0.25, 0.3) is 0 Å². The molecule has 0 bridgehead atoms. The quantitative estimate of drug-likeness (QED) is 0.250. The summed E-state index contributed by atoms with van der Waals surface area (Å²) in [4.78, 5) is 0. The molecule has 2 unspecified atom stereocenters. The van der Waals surface area contributed by atoms with Gasteiger partial charge in [0.05, 0.1) is 12.2 Å². The van der Waals surface area contributed by atoms with Crippen LogP contribution in [-0.2, 0) is 10.4 Å². The highest BCUT2D eigenvalue weighted by Gasteiger charge is 2.15. The molecule has 0 radical (unpaired) electrons. The van der Waals surface area contributed by atoms with Crippen molar-refractivity contribution in [3.05, 3.63) is 58.7 Å². The fourth-order valence-corrected chi connectivity index (χ4v) is 2.81. The van der Waals surface area contributed by atoms with Crippen molar-refractivity contribution in [3.63, 3.8) is 0 Å². The topological polar surface area (TPSA) is 180 Å². The van der Waals surface area contributed by atoms with Crippen molar-refractivity contribution in [2.45, 2.75) is 78.7 Å². The first-order valence-corrected chi connectivity index (χ1v) is 13.1. The number of hydrogen-bond donors (Lipinski definition) is 8. The van der Waals surface area contributed by atoms with Crippen LogP contribution in [-0.4, -0.2) is 62.1 Å². The Morgan fingerprint density at radius 1 is 0.703 bits per heavy atom. The molecule has 37 heavy (non-hydrogen) atoms. The van der Waals surface area contributed by atoms with Crippen LogP contribution >= 0.6 is 0 Å². The molecule has 2 rings (SSSR count). The number of phenolic OH excluding ortho intramolecular Hbond substituents is 2. The Bertz CT molecular complexity index is 997. The third-order valence-corrected chi connectivity index (χ3v) is 4.86. The minimum atomic E-state index is -4.67. The highest BCUT2D eigenvalue weighted by atomic mass is 32.3. The molecule has 0 aliphatic carbocycles. The van der Waals surface area contributed by atoms with Crippen LogP contribution in [0.5, 0.6) is 11.5 Å². The average Bonchev–Trinajstić information content (AvgIpc) is 2.72. The summed E-state index contributed by atoms with van der Waals surface area (Å²) in [5.74, 6) is 0.527. The number of benzene rings is 2. The van der Waals surface area contributed by atoms with Crippen molar-refractivity contribution >= 4 is 10.4 Å². The Morgan fingerprint density at radius 3 is 1.19 bits per heavy atom. The smallest absolute Gasteiger partial charge is 0.394 e. The van der Waals surface area contributed by atoms with E-state index in [4.69, 9.17) is 17.5 Å². The second-order valence-electron chi connectivity index (χ2n) is 10.8. The maximum Gasteiger partial charge on any atom is 0.394 e. The van der Waals surface area contributed by atoms with Crippen molar-refractivity contribution in [1.29, 1.82) is 0 Å². The van der Waals surface area contributed by atoms with Crippen LogP contribution in [0.25, 0.3) is 0 Å². The van der Waals surface area contributed by atoms with Crippen LogP contribution in [0.4, 0.5) is 0 Å². The van der Waals surface area contributed by atoms with Crippen LogP contribution in [0, 0.1) is 13.8 Å². The van der Waals surface area contributed by atoms with Gasteiger partial charge in [0.15, 0.2) is 0 Å². The number of nitrogens with one attached hydrogen (secondary N) is 2. The van der Waals surface area contributed by atoms with Crippen molar-refractivity contribution in [2.75, 3.05) is 13.1 Å². The molecule has 0 aromatic heterocycles. The van der Waals surface area contributed by atoms with Crippen molar-refractivity contribution in [1.82, 2.24) is 10.6 Å². The van der Waals surface area contributed by atoms with Gasteiger partial charge in [0, 0.05) is 24.2 Å². The molecule has 8 N–H and O–H groups in total. The van der Waals surface area contributed by atoms with Gasteiger partial charge >= 0.3 is 10.4 Å². The molecule has 0 spiro atoms. The molecule has 11 heteroatoms. The lowest BCUT2D eigenvalue weighted by Crippen LogP contribution is -2.38. The second kappa shape index (κ2) is 14.6. The van der Waals surface area contributed by atoms with Crippen LogP contribution in [0.1, 0.15) is 76.0 Å². The summed E-state index contributed by atoms with van der Waals surface area (Å²) in [6.45, 7) is 17.0. The molecule has 2 atom stereocenters. The second-order valence-corrected chi connectivity index (χ2v) is 11.7. The molecule has 0 saturated heterocycles. The van der Waals surface area contributed by atoms with E-state index in [0.717, 1.165) is 22.3 Å². The maximum absolute atomic E-state index is 9.96. The van der Waals surface area contributed by atoms with Crippen LogP contribution < -0.4 is 10.6 Å². The van der Waals surface area contributed by atoms with Crippen molar-refractivity contribution < 1.29 is 37.9 Å². The van der Waals surface area contributed by atoms with Crippen molar-refractivity contribution in [3.8, 4) is 11.5 Å². The lowest BCUT2D eigenvalue weighted by atomic mass is 10.0. The van der Waals surface area contributed by atoms with Gasteiger partial charge < -0.3 is 31.1 Å². The van der Waals surface area contributed by atoms with E-state index in [1.165, 1.54) is 0 Å². The average molecular weight is 545 g/mol. The predicted molar refractivity (Wildman–Crippen MR) is 145 cm³/mol. The number of β-amino-alcohol motifs (C(OH)–C–C–N with tert-alkyl or cyclic N) is 2. The van der Waals surface area contributed by atoms with E-state index >= 15 is 0 Å². The number of rotatable bonds is 6. The van der Waals surface area contributed by atoms with E-state index in [-0.39, 0.29) is 22.6 Å². The number of aliphatic hydroxyl groups excluding tert-OH is 2. The summed E-state index contributed by atoms with van der Waals surface area (Å²) >= 11 is 0. The van der Waals surface area contributed by atoms with E-state index in [9.17, 15) is 20.4 Å². The molecular formula is C26H44N2O8S. The van der Waals surface area contributed by atoms with Crippen LogP contribution in [0.2, 0.25) is 0 Å². The highest BCUT2D eigenvalue weighted by molar-refractivity contribution is 7.79. The Morgan fingerprint density at radius 2 is 0.973 bits per heavy atom. The molecule has 2 aromatic rings. The zero-order valence-electron chi connectivity index (χ0n) is 22.9. The fraction of sp³-hybridized carbons (Fsp3) is 0.538. The molecule has 2 aromatic carbocycles. The summed E-state index contributed by atoms with van der Waals surface area (Å²) in [7, 11) is -4.67. The Labute approximate surface area is 221 Å². The van der Waals surface area contributed by atoms with Gasteiger partial charge in [0.1, 0.15) is 11.5 Å². The fourth-order valence-electron chi connectivity index (χ4n) is 2.81. The number of phenols is 2. The Kier molecular flexibility index (Phi) is 13.7. The lowest BCUT2D eigenvalue weighted by molar-refractivity contribution is 0.163. The lowest BCUT2D eigenvalue weighted by Gasteiger charge is -2.23. The van der Waals surface area contributed by atoms with Crippen LogP contribution in [0.15, 0.2) is 36.4 Å². The van der Waals surface area contributed by atoms with Gasteiger partial charge in [-0.25, -0.2) is 0 Å². The summed E-state index contributed by atoms with van der Waals surface area (Å²) in [6.07, 6.45) is -1.09. The molecule has 212 valence electrons. The standard InChI is InChI=1S/2C13H21NO2.H2O4S/c2*1-9-7-10(5-6-11(9)15)12(16)8-14-13(2,3)4;1-5(2,3)4/h2*5-7,12,14-16H,8H2,1-4H3;(H2,1,2,3,4). The monoisotopic (exact) mass is 544 g/mol. The number of aliphatic hydroxyl groups is 2. The van der Waals surface area contributed by atoms with Gasteiger partial charge in [0.2, 0.25) is 0 Å². The molecular weight excluding hydrogens is 500 g/mol. The molecule has 10 nitrogen and oxygen atoms in total. The zero-order chi connectivity index (χ0) is 29.2. The predicted octanol–water partition coefficient (Wildman–Crippen LogP) is 3.59. The summed E-state index contributed by atoms with van der Waals surface area (Å²) in [6, 6.07) is 10.3. The normalized spacial score (nSPS) is 13.5. The van der Waals surface area contributed by atoms with E-state index in [2.05, 4.69) is 52.2 Å². The first kappa shape index (κ1) is 34.8. The van der Waals surface area contributed by atoms with E-state index in [0.29, 0.717) is 13.1 Å². The van der Waals surface area contributed by atoms with E-state index in [1.807, 2.05) is 26.0 Å². The summed E-state index contributed by atoms with van der Waals surface area (Å²) < 4.78 is 31.6. The van der Waals surface area contributed by atoms with Gasteiger partial charge in [-0.3, -0.25) is 9.11 Å². The third kappa shape index (κ3) is 17.8. The SMILES string of the molecule is Cc1cc(C(O)CNC(C)(C)C)ccc1O.Cc1cc(C(O)CNC(C)(C)C)ccc1O.O=S(=O)(O)O. The van der Waals surface area contributed by atoms with Gasteiger partial charge in [-0.15, -0.1) is 0 Å². The molecule has 0 amide bonds. The van der Waals surface area contributed by atoms with Gasteiger partial charge in [-0.05, 0) is 102 Å². The molecule has 0 fully saturated rings. The third-order valence-electron chi connectivity index (χ3n) is 4.86. The first-order chi connectivity index (χ1) is 16.6. The number of aromatic hydroxyl groups is 2. The Hall–Kier alpha value is -2.25. The molecule has 0 saturated carbocycles. The summed E-state index contributed by atoms with van der Waals surface area (Å²) in [5.41, 5.74) is 3.21.